The summed E-state index contributed by atoms with van der Waals surface area (Å²) in [5, 5.41) is 5.80. The van der Waals surface area contributed by atoms with E-state index >= 15 is 0 Å². The molecule has 2 amide bonds. The van der Waals surface area contributed by atoms with Gasteiger partial charge >= 0.3 is 0 Å². The van der Waals surface area contributed by atoms with Gasteiger partial charge in [0.25, 0.3) is 0 Å². The minimum atomic E-state index is -0.702. The predicted molar refractivity (Wildman–Crippen MR) is 126 cm³/mol. The van der Waals surface area contributed by atoms with Crippen molar-refractivity contribution < 1.29 is 14.0 Å². The molecule has 0 saturated heterocycles. The van der Waals surface area contributed by atoms with Gasteiger partial charge in [0.05, 0.1) is 6.54 Å². The molecular formula is C26H28FN3O2. The van der Waals surface area contributed by atoms with Crippen molar-refractivity contribution in [2.24, 2.45) is 0 Å². The van der Waals surface area contributed by atoms with Gasteiger partial charge in [-0.2, -0.15) is 0 Å². The molecule has 0 heterocycles. The number of nitrogens with zero attached hydrogens (tertiary/aromatic N) is 1. The van der Waals surface area contributed by atoms with Gasteiger partial charge in [-0.25, -0.2) is 4.39 Å². The van der Waals surface area contributed by atoms with Crippen LogP contribution in [0.1, 0.15) is 28.3 Å². The zero-order valence-electron chi connectivity index (χ0n) is 18.8. The van der Waals surface area contributed by atoms with E-state index in [1.54, 1.807) is 11.9 Å². The lowest BCUT2D eigenvalue weighted by Crippen LogP contribution is -2.39. The summed E-state index contributed by atoms with van der Waals surface area (Å²) < 4.78 is 13.2. The molecule has 0 aliphatic rings. The van der Waals surface area contributed by atoms with Crippen LogP contribution in [0.3, 0.4) is 0 Å². The number of halogens is 1. The lowest BCUT2D eigenvalue weighted by Gasteiger charge is -2.27. The highest BCUT2D eigenvalue weighted by Crippen LogP contribution is 2.24. The van der Waals surface area contributed by atoms with E-state index in [1.807, 2.05) is 63.2 Å². The normalized spacial score (nSPS) is 11.8. The van der Waals surface area contributed by atoms with Crippen LogP contribution in [0.25, 0.3) is 0 Å². The number of anilines is 2. The Morgan fingerprint density at radius 3 is 2.09 bits per heavy atom. The summed E-state index contributed by atoms with van der Waals surface area (Å²) in [6, 6.07) is 18.2. The number of nitrogens with one attached hydrogen (secondary N) is 2. The first-order valence-electron chi connectivity index (χ1n) is 10.4. The van der Waals surface area contributed by atoms with Gasteiger partial charge in [0.15, 0.2) is 0 Å². The molecular weight excluding hydrogens is 405 g/mol. The lowest BCUT2D eigenvalue weighted by molar-refractivity contribution is -0.123. The fourth-order valence-corrected chi connectivity index (χ4v) is 3.86. The number of aryl methyl sites for hydroxylation is 3. The maximum absolute atomic E-state index is 13.2. The smallest absolute Gasteiger partial charge is 0.246 e. The topological polar surface area (TPSA) is 61.4 Å². The second-order valence-electron chi connectivity index (χ2n) is 8.05. The molecule has 3 aromatic rings. The Kier molecular flexibility index (Phi) is 7.38. The minimum Gasteiger partial charge on any atom is -0.324 e. The summed E-state index contributed by atoms with van der Waals surface area (Å²) >= 11 is 0. The summed E-state index contributed by atoms with van der Waals surface area (Å²) in [5.41, 5.74) is 5.16. The molecule has 3 rings (SSSR count). The Hall–Kier alpha value is -3.51. The minimum absolute atomic E-state index is 0.0170. The van der Waals surface area contributed by atoms with Gasteiger partial charge in [0.1, 0.15) is 11.9 Å². The lowest BCUT2D eigenvalue weighted by atomic mass is 10.0. The third-order valence-electron chi connectivity index (χ3n) is 5.25. The molecule has 2 N–H and O–H groups in total. The molecule has 3 aromatic carbocycles. The van der Waals surface area contributed by atoms with Crippen molar-refractivity contribution in [3.8, 4) is 0 Å². The number of likely N-dealkylation sites (N-methyl/N-ethyl adjacent to an activating group) is 1. The Bertz CT molecular complexity index is 1070. The van der Waals surface area contributed by atoms with Crippen LogP contribution in [0.2, 0.25) is 0 Å². The molecule has 5 nitrogen and oxygen atoms in total. The number of hydrogen-bond donors (Lipinski definition) is 2. The van der Waals surface area contributed by atoms with Crippen molar-refractivity contribution in [2.75, 3.05) is 24.2 Å². The van der Waals surface area contributed by atoms with Crippen LogP contribution in [0.15, 0.2) is 66.7 Å². The van der Waals surface area contributed by atoms with Crippen molar-refractivity contribution in [1.82, 2.24) is 4.90 Å². The van der Waals surface area contributed by atoms with Gasteiger partial charge in [-0.3, -0.25) is 14.5 Å². The first-order chi connectivity index (χ1) is 15.2. The Balaban J connectivity index is 1.78. The summed E-state index contributed by atoms with van der Waals surface area (Å²) in [5.74, 6) is -0.892. The van der Waals surface area contributed by atoms with Crippen molar-refractivity contribution in [1.29, 1.82) is 0 Å². The second-order valence-corrected chi connectivity index (χ2v) is 8.05. The van der Waals surface area contributed by atoms with Crippen molar-refractivity contribution in [3.63, 3.8) is 0 Å². The molecule has 166 valence electrons. The van der Waals surface area contributed by atoms with Crippen LogP contribution in [-0.4, -0.2) is 30.3 Å². The average molecular weight is 434 g/mol. The third kappa shape index (κ3) is 5.80. The summed E-state index contributed by atoms with van der Waals surface area (Å²) in [4.78, 5) is 27.7. The van der Waals surface area contributed by atoms with E-state index in [9.17, 15) is 14.0 Å². The van der Waals surface area contributed by atoms with Gasteiger partial charge in [-0.15, -0.1) is 0 Å². The first-order valence-corrected chi connectivity index (χ1v) is 10.4. The molecule has 32 heavy (non-hydrogen) atoms. The summed E-state index contributed by atoms with van der Waals surface area (Å²) in [7, 11) is 1.73. The van der Waals surface area contributed by atoms with E-state index in [0.717, 1.165) is 27.9 Å². The van der Waals surface area contributed by atoms with Crippen LogP contribution in [0.5, 0.6) is 0 Å². The molecule has 0 aliphatic carbocycles. The Morgan fingerprint density at radius 2 is 1.50 bits per heavy atom. The molecule has 0 aromatic heterocycles. The highest BCUT2D eigenvalue weighted by molar-refractivity contribution is 5.97. The fourth-order valence-electron chi connectivity index (χ4n) is 3.86. The zero-order valence-corrected chi connectivity index (χ0v) is 18.8. The standard InChI is InChI=1S/C26H28FN3O2/c1-17-14-18(2)24(19(3)15-17)29-23(31)16-30(4)25(20-8-6-5-7-9-20)26(32)28-22-12-10-21(27)11-13-22/h5-15,25H,16H2,1-4H3,(H,28,32)(H,29,31)/t25-/m1/s1. The molecule has 0 radical (unpaired) electrons. The fraction of sp³-hybridized carbons (Fsp3) is 0.231. The maximum atomic E-state index is 13.2. The number of carbonyl (C=O) groups is 2. The highest BCUT2D eigenvalue weighted by atomic mass is 19.1. The van der Waals surface area contributed by atoms with Crippen LogP contribution in [0.4, 0.5) is 15.8 Å². The SMILES string of the molecule is Cc1cc(C)c(NC(=O)CN(C)[C@@H](C(=O)Nc2ccc(F)cc2)c2ccccc2)c(C)c1. The van der Waals surface area contributed by atoms with Crippen LogP contribution in [0, 0.1) is 26.6 Å². The molecule has 6 heteroatoms. The van der Waals surface area contributed by atoms with E-state index in [0.29, 0.717) is 5.69 Å². The molecule has 0 saturated carbocycles. The first kappa shape index (κ1) is 23.2. The van der Waals surface area contributed by atoms with Crippen molar-refractivity contribution in [2.45, 2.75) is 26.8 Å². The molecule has 0 bridgehead atoms. The Morgan fingerprint density at radius 1 is 0.906 bits per heavy atom. The van der Waals surface area contributed by atoms with E-state index in [2.05, 4.69) is 10.6 Å². The number of amides is 2. The van der Waals surface area contributed by atoms with Crippen molar-refractivity contribution >= 4 is 23.2 Å². The summed E-state index contributed by atoms with van der Waals surface area (Å²) in [6.07, 6.45) is 0. The average Bonchev–Trinajstić information content (AvgIpc) is 2.73. The Labute approximate surface area is 188 Å². The van der Waals surface area contributed by atoms with Gasteiger partial charge < -0.3 is 10.6 Å². The molecule has 0 fully saturated rings. The second kappa shape index (κ2) is 10.2. The molecule has 0 spiro atoms. The monoisotopic (exact) mass is 433 g/mol. The van der Waals surface area contributed by atoms with Gasteiger partial charge in [-0.1, -0.05) is 48.0 Å². The third-order valence-corrected chi connectivity index (χ3v) is 5.25. The largest absolute Gasteiger partial charge is 0.324 e. The van der Waals surface area contributed by atoms with E-state index < -0.39 is 6.04 Å². The van der Waals surface area contributed by atoms with Crippen LogP contribution >= 0.6 is 0 Å². The van der Waals surface area contributed by atoms with E-state index in [-0.39, 0.29) is 24.2 Å². The summed E-state index contributed by atoms with van der Waals surface area (Å²) in [6.45, 7) is 5.96. The quantitative estimate of drug-likeness (QED) is 0.551. The number of hydrogen-bond acceptors (Lipinski definition) is 3. The van der Waals surface area contributed by atoms with Gasteiger partial charge in [0, 0.05) is 11.4 Å². The van der Waals surface area contributed by atoms with Crippen molar-refractivity contribution in [3.05, 3.63) is 94.8 Å². The highest BCUT2D eigenvalue weighted by Gasteiger charge is 2.27. The number of rotatable bonds is 7. The maximum Gasteiger partial charge on any atom is 0.246 e. The number of carbonyl (C=O) groups excluding carboxylic acids is 2. The molecule has 0 unspecified atom stereocenters. The molecule has 1 atom stereocenters. The van der Waals surface area contributed by atoms with E-state index in [1.165, 1.54) is 24.3 Å². The van der Waals surface area contributed by atoms with Gasteiger partial charge in [0.2, 0.25) is 11.8 Å². The van der Waals surface area contributed by atoms with Gasteiger partial charge in [-0.05, 0) is 68.8 Å². The molecule has 0 aliphatic heterocycles. The van der Waals surface area contributed by atoms with E-state index in [4.69, 9.17) is 0 Å². The zero-order chi connectivity index (χ0) is 23.3. The van der Waals surface area contributed by atoms with Crippen LogP contribution < -0.4 is 10.6 Å². The number of benzene rings is 3. The van der Waals surface area contributed by atoms with Crippen LogP contribution in [-0.2, 0) is 9.59 Å². The predicted octanol–water partition coefficient (Wildman–Crippen LogP) is 5.00.